The van der Waals surface area contributed by atoms with Gasteiger partial charge in [0.05, 0.1) is 5.69 Å². The number of aryl methyl sites for hydroxylation is 1. The maximum atomic E-state index is 13.2. The lowest BCUT2D eigenvalue weighted by atomic mass is 10.0. The van der Waals surface area contributed by atoms with Gasteiger partial charge in [0.1, 0.15) is 0 Å². The van der Waals surface area contributed by atoms with Crippen molar-refractivity contribution in [3.8, 4) is 11.3 Å². The first-order chi connectivity index (χ1) is 25.3. The topological polar surface area (TPSA) is 136 Å². The van der Waals surface area contributed by atoms with Crippen LogP contribution in [0, 0.1) is 6.92 Å². The summed E-state index contributed by atoms with van der Waals surface area (Å²) >= 11 is 0. The molecule has 4 amide bonds. The second kappa shape index (κ2) is 15.4. The molecule has 2 aliphatic rings. The minimum atomic E-state index is -0.368. The Labute approximate surface area is 302 Å². The van der Waals surface area contributed by atoms with Crippen molar-refractivity contribution in [1.82, 2.24) is 25.2 Å². The van der Waals surface area contributed by atoms with Crippen LogP contribution in [-0.4, -0.2) is 70.4 Å². The van der Waals surface area contributed by atoms with Gasteiger partial charge in [-0.15, -0.1) is 0 Å². The zero-order valence-electron chi connectivity index (χ0n) is 29.3. The number of nitrogens with zero attached hydrogens (tertiary/aromatic N) is 6. The van der Waals surface area contributed by atoms with E-state index in [1.165, 1.54) is 0 Å². The molecule has 7 rings (SSSR count). The smallest absolute Gasteiger partial charge is 0.328 e. The molecule has 0 unspecified atom stereocenters. The van der Waals surface area contributed by atoms with Crippen LogP contribution < -0.4 is 25.8 Å². The minimum absolute atomic E-state index is 0.185. The van der Waals surface area contributed by atoms with E-state index in [-0.39, 0.29) is 17.8 Å². The van der Waals surface area contributed by atoms with Gasteiger partial charge in [-0.05, 0) is 105 Å². The van der Waals surface area contributed by atoms with Crippen LogP contribution in [0.2, 0.25) is 0 Å². The van der Waals surface area contributed by atoms with Crippen LogP contribution in [0.5, 0.6) is 0 Å². The van der Waals surface area contributed by atoms with Gasteiger partial charge < -0.3 is 15.5 Å². The summed E-state index contributed by atoms with van der Waals surface area (Å²) in [6.07, 6.45) is 7.52. The summed E-state index contributed by atoms with van der Waals surface area (Å²) in [6.45, 7) is 4.97. The molecule has 2 aromatic heterocycles. The van der Waals surface area contributed by atoms with Gasteiger partial charge >= 0.3 is 6.03 Å². The number of benzene rings is 3. The van der Waals surface area contributed by atoms with Crippen molar-refractivity contribution in [3.63, 3.8) is 0 Å². The number of carbonyl (C=O) groups excluding carboxylic acids is 3. The molecule has 4 heterocycles. The third kappa shape index (κ3) is 8.08. The predicted octanol–water partition coefficient (Wildman–Crippen LogP) is 6.39. The highest BCUT2D eigenvalue weighted by atomic mass is 16.2. The van der Waals surface area contributed by atoms with E-state index in [2.05, 4.69) is 53.8 Å². The second-order valence-corrected chi connectivity index (χ2v) is 13.2. The van der Waals surface area contributed by atoms with E-state index in [0.717, 1.165) is 71.9 Å². The van der Waals surface area contributed by atoms with Crippen LogP contribution in [0.15, 0.2) is 104 Å². The lowest BCUT2D eigenvalue weighted by Crippen LogP contribution is -2.49. The summed E-state index contributed by atoms with van der Waals surface area (Å²) in [5.41, 5.74) is 7.72. The molecule has 2 saturated heterocycles. The van der Waals surface area contributed by atoms with Gasteiger partial charge in [-0.25, -0.2) is 14.8 Å². The SMILES string of the molecule is Cc1ccc(NC(=O)c2ccc(N3CCC(N(C)Cc4cccc(N5CCC(=O)NC5=O)c4)CC3)cc2)cc1Nc1nccc(-c2cccnc2)n1. The number of imide groups is 1. The Balaban J connectivity index is 0.916. The second-order valence-electron chi connectivity index (χ2n) is 13.2. The highest BCUT2D eigenvalue weighted by molar-refractivity contribution is 6.06. The number of pyridine rings is 1. The Morgan fingerprint density at radius 1 is 0.923 bits per heavy atom. The average Bonchev–Trinajstić information content (AvgIpc) is 3.17. The molecule has 0 atom stereocenters. The van der Waals surface area contributed by atoms with Crippen LogP contribution in [0.25, 0.3) is 11.3 Å². The van der Waals surface area contributed by atoms with Gasteiger partial charge in [0.25, 0.3) is 5.91 Å². The van der Waals surface area contributed by atoms with E-state index in [1.807, 2.05) is 85.8 Å². The normalized spacial score (nSPS) is 15.1. The Morgan fingerprint density at radius 2 is 1.75 bits per heavy atom. The monoisotopic (exact) mass is 695 g/mol. The number of urea groups is 1. The van der Waals surface area contributed by atoms with Crippen LogP contribution in [-0.2, 0) is 11.3 Å². The molecule has 0 spiro atoms. The zero-order chi connectivity index (χ0) is 36.0. The van der Waals surface area contributed by atoms with Crippen LogP contribution in [0.1, 0.15) is 40.7 Å². The van der Waals surface area contributed by atoms with E-state index in [9.17, 15) is 14.4 Å². The Kier molecular flexibility index (Phi) is 10.2. The molecule has 12 heteroatoms. The molecule has 12 nitrogen and oxygen atoms in total. The molecule has 5 aromatic rings. The van der Waals surface area contributed by atoms with Gasteiger partial charge in [-0.2, -0.15) is 0 Å². The van der Waals surface area contributed by atoms with Gasteiger partial charge in [0.15, 0.2) is 0 Å². The van der Waals surface area contributed by atoms with Gasteiger partial charge in [-0.3, -0.25) is 29.7 Å². The van der Waals surface area contributed by atoms with Crippen LogP contribution >= 0.6 is 0 Å². The lowest BCUT2D eigenvalue weighted by molar-refractivity contribution is -0.120. The number of hydrogen-bond acceptors (Lipinski definition) is 9. The molecule has 52 heavy (non-hydrogen) atoms. The first-order valence-electron chi connectivity index (χ1n) is 17.5. The minimum Gasteiger partial charge on any atom is -0.371 e. The molecule has 2 aliphatic heterocycles. The van der Waals surface area contributed by atoms with Gasteiger partial charge in [0.2, 0.25) is 11.9 Å². The van der Waals surface area contributed by atoms with E-state index in [1.54, 1.807) is 23.5 Å². The van der Waals surface area contributed by atoms with E-state index in [0.29, 0.717) is 36.2 Å². The summed E-state index contributed by atoms with van der Waals surface area (Å²) in [4.78, 5) is 56.7. The number of carbonyl (C=O) groups is 3. The fourth-order valence-electron chi connectivity index (χ4n) is 6.69. The summed E-state index contributed by atoms with van der Waals surface area (Å²) < 4.78 is 0. The van der Waals surface area contributed by atoms with Crippen molar-refractivity contribution in [3.05, 3.63) is 120 Å². The molecule has 0 saturated carbocycles. The molecular weight excluding hydrogens is 654 g/mol. The molecule has 0 bridgehead atoms. The number of nitrogens with one attached hydrogen (secondary N) is 3. The molecule has 0 radical (unpaired) electrons. The molecular formula is C40H41N9O3. The van der Waals surface area contributed by atoms with Gasteiger partial charge in [0, 0.05) is 91.1 Å². The number of anilines is 5. The number of piperidine rings is 1. The fourth-order valence-corrected chi connectivity index (χ4v) is 6.69. The molecule has 3 aromatic carbocycles. The summed E-state index contributed by atoms with van der Waals surface area (Å²) in [5, 5.41) is 8.72. The summed E-state index contributed by atoms with van der Waals surface area (Å²) in [7, 11) is 2.15. The van der Waals surface area contributed by atoms with E-state index >= 15 is 0 Å². The molecule has 0 aliphatic carbocycles. The maximum Gasteiger partial charge on any atom is 0.328 e. The number of aromatic nitrogens is 3. The van der Waals surface area contributed by atoms with Gasteiger partial charge in [-0.1, -0.05) is 18.2 Å². The average molecular weight is 696 g/mol. The largest absolute Gasteiger partial charge is 0.371 e. The highest BCUT2D eigenvalue weighted by Crippen LogP contribution is 2.27. The zero-order valence-corrected chi connectivity index (χ0v) is 29.3. The first kappa shape index (κ1) is 34.3. The lowest BCUT2D eigenvalue weighted by Gasteiger charge is -2.38. The third-order valence-corrected chi connectivity index (χ3v) is 9.65. The number of amides is 4. The van der Waals surface area contributed by atoms with Crippen molar-refractivity contribution in [2.75, 3.05) is 47.1 Å². The first-order valence-corrected chi connectivity index (χ1v) is 17.5. The van der Waals surface area contributed by atoms with E-state index < -0.39 is 0 Å². The summed E-state index contributed by atoms with van der Waals surface area (Å²) in [6, 6.07) is 27.2. The number of rotatable bonds is 10. The standard InChI is InChI=1S/C40H41N9O3/c1-27-8-11-31(24-36(27)45-39-42-19-14-35(44-39)30-6-4-18-41-25-30)43-38(51)29-9-12-33(13-10-29)48-20-15-32(16-21-48)47(2)26-28-5-3-7-34(23-28)49-22-17-37(50)46-40(49)52/h3-14,18-19,23-25,32H,15-17,20-22,26H2,1-2H3,(H,43,51)(H,42,44,45)(H,46,50,52). The van der Waals surface area contributed by atoms with Crippen LogP contribution in [0.4, 0.5) is 33.5 Å². The Morgan fingerprint density at radius 3 is 2.52 bits per heavy atom. The predicted molar refractivity (Wildman–Crippen MR) is 203 cm³/mol. The van der Waals surface area contributed by atoms with Crippen molar-refractivity contribution in [2.24, 2.45) is 0 Å². The third-order valence-electron chi connectivity index (χ3n) is 9.65. The Bertz CT molecular complexity index is 2070. The van der Waals surface area contributed by atoms with Crippen molar-refractivity contribution < 1.29 is 14.4 Å². The van der Waals surface area contributed by atoms with Crippen LogP contribution in [0.3, 0.4) is 0 Å². The number of hydrogen-bond donors (Lipinski definition) is 3. The van der Waals surface area contributed by atoms with Crippen molar-refractivity contribution >= 4 is 46.5 Å². The highest BCUT2D eigenvalue weighted by Gasteiger charge is 2.26. The quantitative estimate of drug-likeness (QED) is 0.152. The molecule has 264 valence electrons. The summed E-state index contributed by atoms with van der Waals surface area (Å²) in [5.74, 6) is 0.0346. The van der Waals surface area contributed by atoms with Crippen molar-refractivity contribution in [1.29, 1.82) is 0 Å². The fraction of sp³-hybridized carbons (Fsp3) is 0.250. The molecule has 2 fully saturated rings. The Hall–Kier alpha value is -6.14. The van der Waals surface area contributed by atoms with Crippen molar-refractivity contribution in [2.45, 2.75) is 38.8 Å². The molecule has 3 N–H and O–H groups in total. The van der Waals surface area contributed by atoms with E-state index in [4.69, 9.17) is 0 Å². The maximum absolute atomic E-state index is 13.2.